The second kappa shape index (κ2) is 6.57. The third kappa shape index (κ3) is 3.59. The van der Waals surface area contributed by atoms with Crippen LogP contribution in [-0.2, 0) is 18.0 Å². The van der Waals surface area contributed by atoms with Gasteiger partial charge in [0.1, 0.15) is 12.4 Å². The van der Waals surface area contributed by atoms with Gasteiger partial charge in [-0.3, -0.25) is 0 Å². The van der Waals surface area contributed by atoms with Crippen molar-refractivity contribution in [1.29, 1.82) is 0 Å². The second-order valence-corrected chi connectivity index (χ2v) is 4.81. The van der Waals surface area contributed by atoms with Crippen LogP contribution in [0.4, 0.5) is 0 Å². The summed E-state index contributed by atoms with van der Waals surface area (Å²) in [5, 5.41) is 0. The molecule has 0 saturated carbocycles. The summed E-state index contributed by atoms with van der Waals surface area (Å²) in [6, 6.07) is 16.1. The van der Waals surface area contributed by atoms with Gasteiger partial charge >= 0.3 is 0 Å². The Morgan fingerprint density at radius 1 is 1.00 bits per heavy atom. The van der Waals surface area contributed by atoms with Gasteiger partial charge in [-0.15, -0.1) is 0 Å². The Kier molecular flexibility index (Phi) is 4.79. The zero-order chi connectivity index (χ0) is 12.8. The molecule has 0 radical (unpaired) electrons. The van der Waals surface area contributed by atoms with Crippen LogP contribution in [0.2, 0.25) is 0 Å². The molecule has 2 aromatic rings. The fourth-order valence-corrected chi connectivity index (χ4v) is 2.10. The number of methoxy groups -OCH3 is 1. The van der Waals surface area contributed by atoms with Gasteiger partial charge in [-0.2, -0.15) is 0 Å². The summed E-state index contributed by atoms with van der Waals surface area (Å²) in [7, 11) is 1.69. The molecule has 0 aliphatic rings. The van der Waals surface area contributed by atoms with Crippen LogP contribution in [0.5, 0.6) is 5.75 Å². The van der Waals surface area contributed by atoms with Crippen molar-refractivity contribution in [2.24, 2.45) is 0 Å². The Bertz CT molecular complexity index is 497. The molecule has 0 atom stereocenters. The maximum Gasteiger partial charge on any atom is 0.120 e. The quantitative estimate of drug-likeness (QED) is 0.825. The molecule has 2 aromatic carbocycles. The molecule has 94 valence electrons. The molecule has 2 rings (SSSR count). The van der Waals surface area contributed by atoms with Crippen molar-refractivity contribution in [3.8, 4) is 5.75 Å². The SMILES string of the molecule is COCc1ccc(OCc2ccccc2)cc1Br. The Morgan fingerprint density at radius 3 is 2.44 bits per heavy atom. The predicted molar refractivity (Wildman–Crippen MR) is 75.6 cm³/mol. The molecule has 0 amide bonds. The predicted octanol–water partition coefficient (Wildman–Crippen LogP) is 4.17. The highest BCUT2D eigenvalue weighted by atomic mass is 79.9. The Hall–Kier alpha value is -1.32. The average molecular weight is 307 g/mol. The molecule has 0 saturated heterocycles. The number of benzene rings is 2. The monoisotopic (exact) mass is 306 g/mol. The zero-order valence-electron chi connectivity index (χ0n) is 10.2. The van der Waals surface area contributed by atoms with Gasteiger partial charge in [-0.1, -0.05) is 52.3 Å². The lowest BCUT2D eigenvalue weighted by molar-refractivity contribution is 0.184. The van der Waals surface area contributed by atoms with E-state index in [0.29, 0.717) is 13.2 Å². The lowest BCUT2D eigenvalue weighted by atomic mass is 10.2. The standard InChI is InChI=1S/C15H15BrO2/c1-17-11-13-7-8-14(9-15(13)16)18-10-12-5-3-2-4-6-12/h2-9H,10-11H2,1H3. The van der Waals surface area contributed by atoms with E-state index in [-0.39, 0.29) is 0 Å². The molecular weight excluding hydrogens is 292 g/mol. The van der Waals surface area contributed by atoms with E-state index in [0.717, 1.165) is 21.3 Å². The first-order chi connectivity index (χ1) is 8.79. The van der Waals surface area contributed by atoms with Crippen LogP contribution in [0.1, 0.15) is 11.1 Å². The van der Waals surface area contributed by atoms with Crippen LogP contribution in [0.15, 0.2) is 53.0 Å². The summed E-state index contributed by atoms with van der Waals surface area (Å²) in [6.45, 7) is 1.18. The molecule has 0 spiro atoms. The Balaban J connectivity index is 2.00. The Morgan fingerprint density at radius 2 is 1.78 bits per heavy atom. The van der Waals surface area contributed by atoms with Crippen LogP contribution >= 0.6 is 15.9 Å². The van der Waals surface area contributed by atoms with Crippen LogP contribution in [0, 0.1) is 0 Å². The van der Waals surface area contributed by atoms with Crippen molar-refractivity contribution in [3.63, 3.8) is 0 Å². The van der Waals surface area contributed by atoms with E-state index in [1.165, 1.54) is 0 Å². The molecule has 0 N–H and O–H groups in total. The zero-order valence-corrected chi connectivity index (χ0v) is 11.8. The minimum absolute atomic E-state index is 0.580. The lowest BCUT2D eigenvalue weighted by Crippen LogP contribution is -1.96. The fourth-order valence-electron chi connectivity index (χ4n) is 1.63. The summed E-state index contributed by atoms with van der Waals surface area (Å²) in [5.74, 6) is 0.852. The van der Waals surface area contributed by atoms with E-state index in [4.69, 9.17) is 9.47 Å². The third-order valence-electron chi connectivity index (χ3n) is 2.57. The first kappa shape index (κ1) is 13.1. The van der Waals surface area contributed by atoms with E-state index < -0.39 is 0 Å². The van der Waals surface area contributed by atoms with E-state index in [2.05, 4.69) is 15.9 Å². The molecule has 0 aliphatic carbocycles. The summed E-state index contributed by atoms with van der Waals surface area (Å²) in [4.78, 5) is 0. The highest BCUT2D eigenvalue weighted by Crippen LogP contribution is 2.24. The van der Waals surface area contributed by atoms with Gasteiger partial charge in [0.15, 0.2) is 0 Å². The van der Waals surface area contributed by atoms with Crippen LogP contribution in [0.25, 0.3) is 0 Å². The number of ether oxygens (including phenoxy) is 2. The normalized spacial score (nSPS) is 10.3. The van der Waals surface area contributed by atoms with Crippen molar-refractivity contribution < 1.29 is 9.47 Å². The molecule has 3 heteroatoms. The largest absolute Gasteiger partial charge is 0.489 e. The molecule has 2 nitrogen and oxygen atoms in total. The van der Waals surface area contributed by atoms with Crippen molar-refractivity contribution in [2.45, 2.75) is 13.2 Å². The van der Waals surface area contributed by atoms with Crippen molar-refractivity contribution in [1.82, 2.24) is 0 Å². The van der Waals surface area contributed by atoms with Gasteiger partial charge < -0.3 is 9.47 Å². The smallest absolute Gasteiger partial charge is 0.120 e. The van der Waals surface area contributed by atoms with Crippen molar-refractivity contribution >= 4 is 15.9 Å². The van der Waals surface area contributed by atoms with E-state index >= 15 is 0 Å². The molecule has 0 aromatic heterocycles. The summed E-state index contributed by atoms with van der Waals surface area (Å²) >= 11 is 3.51. The van der Waals surface area contributed by atoms with Crippen LogP contribution in [0.3, 0.4) is 0 Å². The summed E-state index contributed by atoms with van der Waals surface area (Å²) in [5.41, 5.74) is 2.28. The van der Waals surface area contributed by atoms with E-state index in [9.17, 15) is 0 Å². The van der Waals surface area contributed by atoms with Gasteiger partial charge in [0.25, 0.3) is 0 Å². The van der Waals surface area contributed by atoms with Gasteiger partial charge in [0.05, 0.1) is 6.61 Å². The van der Waals surface area contributed by atoms with Gasteiger partial charge in [-0.25, -0.2) is 0 Å². The van der Waals surface area contributed by atoms with E-state index in [1.807, 2.05) is 48.5 Å². The molecular formula is C15H15BrO2. The maximum absolute atomic E-state index is 5.74. The highest BCUT2D eigenvalue weighted by molar-refractivity contribution is 9.10. The molecule has 18 heavy (non-hydrogen) atoms. The fraction of sp³-hybridized carbons (Fsp3) is 0.200. The van der Waals surface area contributed by atoms with Crippen LogP contribution < -0.4 is 4.74 Å². The lowest BCUT2D eigenvalue weighted by Gasteiger charge is -2.09. The van der Waals surface area contributed by atoms with Gasteiger partial charge in [-0.05, 0) is 23.3 Å². The second-order valence-electron chi connectivity index (χ2n) is 3.96. The average Bonchev–Trinajstić information content (AvgIpc) is 2.41. The molecule has 0 heterocycles. The first-order valence-corrected chi connectivity index (χ1v) is 6.53. The maximum atomic E-state index is 5.74. The van der Waals surface area contributed by atoms with Gasteiger partial charge in [0.2, 0.25) is 0 Å². The minimum atomic E-state index is 0.580. The topological polar surface area (TPSA) is 18.5 Å². The Labute approximate surface area is 116 Å². The number of rotatable bonds is 5. The molecule has 0 unspecified atom stereocenters. The van der Waals surface area contributed by atoms with E-state index in [1.54, 1.807) is 7.11 Å². The molecule has 0 bridgehead atoms. The van der Waals surface area contributed by atoms with Crippen LogP contribution in [-0.4, -0.2) is 7.11 Å². The summed E-state index contributed by atoms with van der Waals surface area (Å²) < 4.78 is 11.9. The van der Waals surface area contributed by atoms with Crippen molar-refractivity contribution in [3.05, 3.63) is 64.1 Å². The molecule has 0 fully saturated rings. The molecule has 0 aliphatic heterocycles. The van der Waals surface area contributed by atoms with Crippen molar-refractivity contribution in [2.75, 3.05) is 7.11 Å². The number of halogens is 1. The minimum Gasteiger partial charge on any atom is -0.489 e. The number of hydrogen-bond acceptors (Lipinski definition) is 2. The number of hydrogen-bond donors (Lipinski definition) is 0. The van der Waals surface area contributed by atoms with Gasteiger partial charge in [0, 0.05) is 11.6 Å². The highest BCUT2D eigenvalue weighted by Gasteiger charge is 2.02. The third-order valence-corrected chi connectivity index (χ3v) is 3.31. The first-order valence-electron chi connectivity index (χ1n) is 5.73. The summed E-state index contributed by atoms with van der Waals surface area (Å²) in [6.07, 6.45) is 0.